The Hall–Kier alpha value is -3.17. The van der Waals surface area contributed by atoms with E-state index in [4.69, 9.17) is 0 Å². The molecular formula is C21H17F5N2O3. The molecule has 164 valence electrons. The molecule has 0 radical (unpaired) electrons. The van der Waals surface area contributed by atoms with Crippen LogP contribution in [0.3, 0.4) is 0 Å². The number of aryl methyl sites for hydroxylation is 1. The molecule has 2 heterocycles. The van der Waals surface area contributed by atoms with Crippen LogP contribution in [0, 0.1) is 36.0 Å². The molecule has 1 fully saturated rings. The number of rotatable bonds is 3. The number of carbonyl (C=O) groups excluding carboxylic acids is 2. The van der Waals surface area contributed by atoms with Gasteiger partial charge >= 0.3 is 0 Å². The second kappa shape index (κ2) is 7.82. The quantitative estimate of drug-likeness (QED) is 0.419. The number of nitrogens with zero attached hydrogens (tertiary/aromatic N) is 2. The van der Waals surface area contributed by atoms with E-state index in [1.807, 2.05) is 25.1 Å². The molecule has 1 saturated heterocycles. The number of benzene rings is 2. The number of fused-ring (bicyclic) bond motifs is 3. The molecule has 0 bridgehead atoms. The van der Waals surface area contributed by atoms with Crippen molar-refractivity contribution in [3.05, 3.63) is 64.0 Å². The van der Waals surface area contributed by atoms with Gasteiger partial charge in [-0.2, -0.15) is 8.78 Å². The average molecular weight is 440 g/mol. The smallest absolute Gasteiger partial charge is 0.261 e. The normalized spacial score (nSPS) is 18.0. The Labute approximate surface area is 174 Å². The van der Waals surface area contributed by atoms with Gasteiger partial charge in [0.2, 0.25) is 35.0 Å². The summed E-state index contributed by atoms with van der Waals surface area (Å²) in [6.07, 6.45) is 0.691. The van der Waals surface area contributed by atoms with Crippen molar-refractivity contribution in [3.63, 3.8) is 0 Å². The highest BCUT2D eigenvalue weighted by Gasteiger charge is 2.38. The van der Waals surface area contributed by atoms with Crippen molar-refractivity contribution < 1.29 is 36.3 Å². The van der Waals surface area contributed by atoms with Crippen LogP contribution in [0.5, 0.6) is 5.75 Å². The molecule has 1 atom stereocenters. The molecule has 0 N–H and O–H groups in total. The Morgan fingerprint density at radius 1 is 1.06 bits per heavy atom. The predicted molar refractivity (Wildman–Crippen MR) is 97.6 cm³/mol. The van der Waals surface area contributed by atoms with E-state index in [0.29, 0.717) is 13.0 Å². The van der Waals surface area contributed by atoms with Crippen LogP contribution in [0.2, 0.25) is 0 Å². The molecule has 1 unspecified atom stereocenters. The zero-order valence-corrected chi connectivity index (χ0v) is 16.4. The van der Waals surface area contributed by atoms with Crippen LogP contribution in [-0.4, -0.2) is 47.9 Å². The van der Waals surface area contributed by atoms with E-state index in [9.17, 15) is 31.5 Å². The second-order valence-electron chi connectivity index (χ2n) is 7.52. The van der Waals surface area contributed by atoms with E-state index in [-0.39, 0.29) is 25.0 Å². The third-order valence-corrected chi connectivity index (χ3v) is 5.56. The van der Waals surface area contributed by atoms with Crippen molar-refractivity contribution in [2.45, 2.75) is 19.4 Å². The lowest BCUT2D eigenvalue weighted by molar-refractivity contribution is -0.150. The highest BCUT2D eigenvalue weighted by Crippen LogP contribution is 2.34. The number of piperazine rings is 1. The zero-order chi connectivity index (χ0) is 22.4. The van der Waals surface area contributed by atoms with Gasteiger partial charge in [-0.3, -0.25) is 9.59 Å². The number of ether oxygens (including phenoxy) is 1. The summed E-state index contributed by atoms with van der Waals surface area (Å²) >= 11 is 0. The van der Waals surface area contributed by atoms with Gasteiger partial charge in [0, 0.05) is 13.1 Å². The SMILES string of the molecule is Cc1ccc2c(c1)CCN1C(=O)CN(C(=O)COc3c(F)c(F)c(F)c(F)c3F)CC21. The molecule has 10 heteroatoms. The molecule has 5 nitrogen and oxygen atoms in total. The van der Waals surface area contributed by atoms with Crippen LogP contribution in [0.15, 0.2) is 18.2 Å². The molecule has 2 aromatic carbocycles. The minimum atomic E-state index is -2.32. The van der Waals surface area contributed by atoms with Crippen LogP contribution in [0.4, 0.5) is 22.0 Å². The number of carbonyl (C=O) groups is 2. The molecule has 4 rings (SSSR count). The maximum atomic E-state index is 13.7. The Kier molecular flexibility index (Phi) is 5.32. The lowest BCUT2D eigenvalue weighted by atomic mass is 9.89. The molecule has 0 spiro atoms. The van der Waals surface area contributed by atoms with Crippen molar-refractivity contribution in [2.24, 2.45) is 0 Å². The summed E-state index contributed by atoms with van der Waals surface area (Å²) in [5, 5.41) is 0. The molecule has 2 aliphatic rings. The summed E-state index contributed by atoms with van der Waals surface area (Å²) in [4.78, 5) is 27.9. The topological polar surface area (TPSA) is 49.9 Å². The molecular weight excluding hydrogens is 423 g/mol. The highest BCUT2D eigenvalue weighted by molar-refractivity contribution is 5.87. The molecule has 2 aliphatic heterocycles. The van der Waals surface area contributed by atoms with E-state index in [0.717, 1.165) is 21.6 Å². The number of amides is 2. The maximum Gasteiger partial charge on any atom is 0.261 e. The van der Waals surface area contributed by atoms with E-state index < -0.39 is 47.3 Å². The minimum Gasteiger partial charge on any atom is -0.477 e. The van der Waals surface area contributed by atoms with E-state index >= 15 is 0 Å². The molecule has 0 saturated carbocycles. The molecule has 2 amide bonds. The van der Waals surface area contributed by atoms with E-state index in [2.05, 4.69) is 4.74 Å². The molecule has 31 heavy (non-hydrogen) atoms. The van der Waals surface area contributed by atoms with Crippen molar-refractivity contribution in [1.29, 1.82) is 0 Å². The summed E-state index contributed by atoms with van der Waals surface area (Å²) < 4.78 is 71.9. The van der Waals surface area contributed by atoms with Gasteiger partial charge in [-0.05, 0) is 24.5 Å². The number of hydrogen-bond donors (Lipinski definition) is 0. The van der Waals surface area contributed by atoms with Crippen molar-refractivity contribution in [1.82, 2.24) is 9.80 Å². The monoisotopic (exact) mass is 440 g/mol. The third kappa shape index (κ3) is 3.60. The zero-order valence-electron chi connectivity index (χ0n) is 16.4. The summed E-state index contributed by atoms with van der Waals surface area (Å²) in [5.74, 6) is -13.6. The van der Waals surface area contributed by atoms with Gasteiger partial charge in [-0.1, -0.05) is 23.8 Å². The van der Waals surface area contributed by atoms with Gasteiger partial charge in [0.1, 0.15) is 0 Å². The van der Waals surface area contributed by atoms with Gasteiger partial charge in [0.15, 0.2) is 12.4 Å². The third-order valence-electron chi connectivity index (χ3n) is 5.56. The molecule has 2 aromatic rings. The van der Waals surface area contributed by atoms with Crippen molar-refractivity contribution in [3.8, 4) is 5.75 Å². The van der Waals surface area contributed by atoms with Gasteiger partial charge in [-0.15, -0.1) is 0 Å². The first-order valence-electron chi connectivity index (χ1n) is 9.50. The van der Waals surface area contributed by atoms with Gasteiger partial charge in [-0.25, -0.2) is 13.2 Å². The van der Waals surface area contributed by atoms with Crippen LogP contribution in [0.25, 0.3) is 0 Å². The average Bonchev–Trinajstić information content (AvgIpc) is 2.75. The Balaban J connectivity index is 1.52. The summed E-state index contributed by atoms with van der Waals surface area (Å²) in [5.41, 5.74) is 3.04. The van der Waals surface area contributed by atoms with Gasteiger partial charge < -0.3 is 14.5 Å². The van der Waals surface area contributed by atoms with E-state index in [1.54, 1.807) is 4.90 Å². The van der Waals surface area contributed by atoms with Crippen molar-refractivity contribution in [2.75, 3.05) is 26.2 Å². The molecule has 0 aromatic heterocycles. The second-order valence-corrected chi connectivity index (χ2v) is 7.52. The summed E-state index contributed by atoms with van der Waals surface area (Å²) in [7, 11) is 0. The van der Waals surface area contributed by atoms with Crippen LogP contribution >= 0.6 is 0 Å². The largest absolute Gasteiger partial charge is 0.477 e. The fraction of sp³-hybridized carbons (Fsp3) is 0.333. The Morgan fingerprint density at radius 2 is 1.71 bits per heavy atom. The fourth-order valence-corrected chi connectivity index (χ4v) is 3.99. The number of halogens is 5. The lowest BCUT2D eigenvalue weighted by Crippen LogP contribution is -2.56. The molecule has 0 aliphatic carbocycles. The lowest BCUT2D eigenvalue weighted by Gasteiger charge is -2.44. The first-order chi connectivity index (χ1) is 14.7. The fourth-order valence-electron chi connectivity index (χ4n) is 3.99. The van der Waals surface area contributed by atoms with Gasteiger partial charge in [0.05, 0.1) is 12.6 Å². The van der Waals surface area contributed by atoms with Gasteiger partial charge in [0.25, 0.3) is 5.91 Å². The van der Waals surface area contributed by atoms with Crippen LogP contribution < -0.4 is 4.74 Å². The van der Waals surface area contributed by atoms with Crippen molar-refractivity contribution >= 4 is 11.8 Å². The van der Waals surface area contributed by atoms with E-state index in [1.165, 1.54) is 0 Å². The first kappa shape index (κ1) is 21.1. The summed E-state index contributed by atoms with van der Waals surface area (Å²) in [6, 6.07) is 5.43. The van der Waals surface area contributed by atoms with Crippen LogP contribution in [-0.2, 0) is 16.0 Å². The highest BCUT2D eigenvalue weighted by atomic mass is 19.2. The standard InChI is InChI=1S/C21H17F5N2O3/c1-10-2-3-12-11(6-10)4-5-28-13(12)7-27(8-14(28)29)15(30)9-31-21-19(25)17(23)16(22)18(24)20(21)26/h2-3,6,13H,4-5,7-9H2,1H3. The Morgan fingerprint density at radius 3 is 2.39 bits per heavy atom. The summed E-state index contributed by atoms with van der Waals surface area (Å²) in [6.45, 7) is 1.32. The Bertz CT molecular complexity index is 1060. The predicted octanol–water partition coefficient (Wildman–Crippen LogP) is 3.04. The maximum absolute atomic E-state index is 13.7. The minimum absolute atomic E-state index is 0.126. The number of hydrogen-bond acceptors (Lipinski definition) is 3. The van der Waals surface area contributed by atoms with Crippen LogP contribution in [0.1, 0.15) is 22.7 Å². The first-order valence-corrected chi connectivity index (χ1v) is 9.50.